The van der Waals surface area contributed by atoms with Crippen molar-refractivity contribution in [2.24, 2.45) is 5.41 Å². The van der Waals surface area contributed by atoms with Crippen molar-refractivity contribution in [1.82, 2.24) is 10.6 Å². The molecule has 0 aromatic carbocycles. The molecule has 104 valence electrons. The van der Waals surface area contributed by atoms with E-state index >= 15 is 0 Å². The molecule has 0 radical (unpaired) electrons. The Bertz CT molecular complexity index is 318. The molecule has 0 aliphatic carbocycles. The second-order valence-corrected chi connectivity index (χ2v) is 5.69. The van der Waals surface area contributed by atoms with Gasteiger partial charge in [-0.05, 0) is 11.7 Å². The monoisotopic (exact) mass is 276 g/mol. The van der Waals surface area contributed by atoms with Crippen LogP contribution in [-0.4, -0.2) is 41.6 Å². The Morgan fingerprint density at radius 3 is 2.33 bits per heavy atom. The SMILES string of the molecule is CSCCNC(=O)NC(=O)CC(C)(C)CC(=O)O. The minimum atomic E-state index is -0.961. The highest BCUT2D eigenvalue weighted by atomic mass is 32.2. The number of hydrogen-bond acceptors (Lipinski definition) is 4. The molecule has 3 amide bonds. The Labute approximate surface area is 111 Å². The maximum Gasteiger partial charge on any atom is 0.321 e. The van der Waals surface area contributed by atoms with Gasteiger partial charge in [0.1, 0.15) is 0 Å². The Kier molecular flexibility index (Phi) is 7.42. The number of carboxylic acid groups (broad SMARTS) is 1. The summed E-state index contributed by atoms with van der Waals surface area (Å²) in [7, 11) is 0. The van der Waals surface area contributed by atoms with Gasteiger partial charge >= 0.3 is 12.0 Å². The van der Waals surface area contributed by atoms with Gasteiger partial charge in [-0.25, -0.2) is 4.79 Å². The van der Waals surface area contributed by atoms with Crippen molar-refractivity contribution >= 4 is 29.7 Å². The number of nitrogens with one attached hydrogen (secondary N) is 2. The molecule has 0 aromatic rings. The molecule has 0 bridgehead atoms. The molecule has 0 aromatic heterocycles. The van der Waals surface area contributed by atoms with Crippen LogP contribution in [0.5, 0.6) is 0 Å². The van der Waals surface area contributed by atoms with Crippen LogP contribution in [0.15, 0.2) is 0 Å². The van der Waals surface area contributed by atoms with Gasteiger partial charge in [-0.2, -0.15) is 11.8 Å². The van der Waals surface area contributed by atoms with E-state index in [-0.39, 0.29) is 12.8 Å². The molecule has 0 unspecified atom stereocenters. The second kappa shape index (κ2) is 7.97. The average Bonchev–Trinajstić information content (AvgIpc) is 2.13. The van der Waals surface area contributed by atoms with Crippen molar-refractivity contribution in [2.45, 2.75) is 26.7 Å². The maximum absolute atomic E-state index is 11.5. The maximum atomic E-state index is 11.5. The van der Waals surface area contributed by atoms with E-state index in [2.05, 4.69) is 10.6 Å². The number of thioether (sulfide) groups is 1. The molecule has 0 rings (SSSR count). The lowest BCUT2D eigenvalue weighted by Gasteiger charge is -2.21. The molecule has 7 heteroatoms. The molecule has 0 spiro atoms. The summed E-state index contributed by atoms with van der Waals surface area (Å²) in [5.74, 6) is -0.660. The topological polar surface area (TPSA) is 95.5 Å². The predicted octanol–water partition coefficient (Wildman–Crippen LogP) is 1.07. The van der Waals surface area contributed by atoms with Crippen LogP contribution in [0.1, 0.15) is 26.7 Å². The fraction of sp³-hybridized carbons (Fsp3) is 0.727. The van der Waals surface area contributed by atoms with Crippen LogP contribution in [0.4, 0.5) is 4.79 Å². The highest BCUT2D eigenvalue weighted by Crippen LogP contribution is 2.24. The fourth-order valence-corrected chi connectivity index (χ4v) is 1.69. The largest absolute Gasteiger partial charge is 0.481 e. The number of carbonyl (C=O) groups is 3. The number of rotatable bonds is 7. The van der Waals surface area contributed by atoms with Crippen LogP contribution in [0.25, 0.3) is 0 Å². The van der Waals surface area contributed by atoms with Crippen molar-refractivity contribution in [3.05, 3.63) is 0 Å². The van der Waals surface area contributed by atoms with Gasteiger partial charge in [-0.1, -0.05) is 13.8 Å². The van der Waals surface area contributed by atoms with Crippen LogP contribution < -0.4 is 10.6 Å². The molecule has 0 atom stereocenters. The van der Waals surface area contributed by atoms with E-state index in [0.717, 1.165) is 5.75 Å². The van der Waals surface area contributed by atoms with E-state index in [9.17, 15) is 14.4 Å². The van der Waals surface area contributed by atoms with E-state index in [1.807, 2.05) is 6.26 Å². The number of aliphatic carboxylic acids is 1. The highest BCUT2D eigenvalue weighted by molar-refractivity contribution is 7.98. The molecule has 6 nitrogen and oxygen atoms in total. The molecule has 0 fully saturated rings. The van der Waals surface area contributed by atoms with E-state index < -0.39 is 23.3 Å². The van der Waals surface area contributed by atoms with Gasteiger partial charge in [0, 0.05) is 18.7 Å². The zero-order valence-electron chi connectivity index (χ0n) is 10.9. The third kappa shape index (κ3) is 8.86. The van der Waals surface area contributed by atoms with Crippen LogP contribution in [0.2, 0.25) is 0 Å². The van der Waals surface area contributed by atoms with E-state index in [1.165, 1.54) is 0 Å². The third-order valence-electron chi connectivity index (χ3n) is 2.11. The lowest BCUT2D eigenvalue weighted by molar-refractivity contribution is -0.139. The summed E-state index contributed by atoms with van der Waals surface area (Å²) in [4.78, 5) is 33.4. The Balaban J connectivity index is 4.02. The molecule has 0 heterocycles. The van der Waals surface area contributed by atoms with Gasteiger partial charge in [0.15, 0.2) is 0 Å². The number of amides is 3. The number of urea groups is 1. The smallest absolute Gasteiger partial charge is 0.321 e. The van der Waals surface area contributed by atoms with Gasteiger partial charge in [0.25, 0.3) is 0 Å². The summed E-state index contributed by atoms with van der Waals surface area (Å²) in [5.41, 5.74) is -0.671. The summed E-state index contributed by atoms with van der Waals surface area (Å²) < 4.78 is 0. The molecular weight excluding hydrogens is 256 g/mol. The second-order valence-electron chi connectivity index (χ2n) is 4.71. The van der Waals surface area contributed by atoms with Crippen LogP contribution in [0.3, 0.4) is 0 Å². The molecular formula is C11H20N2O4S. The van der Waals surface area contributed by atoms with Crippen LogP contribution >= 0.6 is 11.8 Å². The minimum Gasteiger partial charge on any atom is -0.481 e. The van der Waals surface area contributed by atoms with Crippen LogP contribution in [0, 0.1) is 5.41 Å². The third-order valence-corrected chi connectivity index (χ3v) is 2.73. The Morgan fingerprint density at radius 2 is 1.83 bits per heavy atom. The summed E-state index contributed by atoms with van der Waals surface area (Å²) in [6.45, 7) is 3.83. The van der Waals surface area contributed by atoms with E-state index in [1.54, 1.807) is 25.6 Å². The zero-order chi connectivity index (χ0) is 14.2. The molecule has 0 saturated heterocycles. The van der Waals surface area contributed by atoms with E-state index in [0.29, 0.717) is 6.54 Å². The first kappa shape index (κ1) is 16.8. The van der Waals surface area contributed by atoms with Crippen LogP contribution in [-0.2, 0) is 9.59 Å². The minimum absolute atomic E-state index is 0.00471. The molecule has 18 heavy (non-hydrogen) atoms. The lowest BCUT2D eigenvalue weighted by Crippen LogP contribution is -2.41. The average molecular weight is 276 g/mol. The van der Waals surface area contributed by atoms with Crippen molar-refractivity contribution in [3.8, 4) is 0 Å². The molecule has 3 N–H and O–H groups in total. The standard InChI is InChI=1S/C11H20N2O4S/c1-11(2,7-9(15)16)6-8(14)13-10(17)12-4-5-18-3/h4-7H2,1-3H3,(H,15,16)(H2,12,13,14,17). The summed E-state index contributed by atoms with van der Waals surface area (Å²) in [5, 5.41) is 13.4. The Morgan fingerprint density at radius 1 is 1.22 bits per heavy atom. The first-order valence-electron chi connectivity index (χ1n) is 5.55. The number of hydrogen-bond donors (Lipinski definition) is 3. The first-order chi connectivity index (χ1) is 8.26. The first-order valence-corrected chi connectivity index (χ1v) is 6.94. The van der Waals surface area contributed by atoms with Crippen molar-refractivity contribution < 1.29 is 19.5 Å². The van der Waals surface area contributed by atoms with Crippen molar-refractivity contribution in [2.75, 3.05) is 18.6 Å². The number of imide groups is 1. The summed E-state index contributed by atoms with van der Waals surface area (Å²) in [6.07, 6.45) is 1.79. The number of carbonyl (C=O) groups excluding carboxylic acids is 2. The summed E-state index contributed by atoms with van der Waals surface area (Å²) >= 11 is 1.59. The Hall–Kier alpha value is -1.24. The normalized spacial score (nSPS) is 10.8. The quantitative estimate of drug-likeness (QED) is 0.604. The summed E-state index contributed by atoms with van der Waals surface area (Å²) in [6, 6.07) is -0.542. The molecule has 0 aliphatic rings. The molecule has 0 saturated carbocycles. The van der Waals surface area contributed by atoms with Gasteiger partial charge in [0.05, 0.1) is 6.42 Å². The molecule has 0 aliphatic heterocycles. The van der Waals surface area contributed by atoms with Gasteiger partial charge in [-0.15, -0.1) is 0 Å². The number of carboxylic acids is 1. The van der Waals surface area contributed by atoms with Gasteiger partial charge in [-0.3, -0.25) is 14.9 Å². The van der Waals surface area contributed by atoms with Crippen molar-refractivity contribution in [3.63, 3.8) is 0 Å². The highest BCUT2D eigenvalue weighted by Gasteiger charge is 2.25. The zero-order valence-corrected chi connectivity index (χ0v) is 11.7. The predicted molar refractivity (Wildman–Crippen MR) is 70.6 cm³/mol. The lowest BCUT2D eigenvalue weighted by atomic mass is 9.85. The van der Waals surface area contributed by atoms with Gasteiger partial charge < -0.3 is 10.4 Å². The van der Waals surface area contributed by atoms with Crippen molar-refractivity contribution in [1.29, 1.82) is 0 Å². The van der Waals surface area contributed by atoms with Gasteiger partial charge in [0.2, 0.25) is 5.91 Å². The fourth-order valence-electron chi connectivity index (χ4n) is 1.39. The van der Waals surface area contributed by atoms with E-state index in [4.69, 9.17) is 5.11 Å².